The van der Waals surface area contributed by atoms with Gasteiger partial charge in [0, 0.05) is 6.54 Å². The first-order valence-corrected chi connectivity index (χ1v) is 9.21. The van der Waals surface area contributed by atoms with Crippen LogP contribution in [0.4, 0.5) is 13.2 Å². The van der Waals surface area contributed by atoms with Crippen molar-refractivity contribution in [2.75, 3.05) is 6.54 Å². The first-order chi connectivity index (χ1) is 14.3. The van der Waals surface area contributed by atoms with E-state index < -0.39 is 17.6 Å². The number of halogens is 3. The normalized spacial score (nSPS) is 11.3. The number of benzene rings is 2. The fourth-order valence-corrected chi connectivity index (χ4v) is 2.77. The van der Waals surface area contributed by atoms with Gasteiger partial charge in [0.25, 0.3) is 5.91 Å². The van der Waals surface area contributed by atoms with Crippen LogP contribution in [0.1, 0.15) is 27.2 Å². The predicted octanol–water partition coefficient (Wildman–Crippen LogP) is 4.32. The Morgan fingerprint density at radius 3 is 2.37 bits per heavy atom. The number of primary amides is 1. The van der Waals surface area contributed by atoms with Gasteiger partial charge in [-0.15, -0.1) is 0 Å². The summed E-state index contributed by atoms with van der Waals surface area (Å²) in [6.07, 6.45) is -2.41. The molecule has 0 spiro atoms. The van der Waals surface area contributed by atoms with E-state index in [2.05, 4.69) is 10.3 Å². The highest BCUT2D eigenvalue weighted by molar-refractivity contribution is 5.90. The summed E-state index contributed by atoms with van der Waals surface area (Å²) in [5.74, 6) is 0.481. The molecule has 3 N–H and O–H groups in total. The van der Waals surface area contributed by atoms with Crippen LogP contribution < -0.4 is 15.8 Å². The first kappa shape index (κ1) is 21.3. The van der Waals surface area contributed by atoms with Gasteiger partial charge in [-0.25, -0.2) is 4.98 Å². The number of hydrogen-bond acceptors (Lipinski definition) is 4. The van der Waals surface area contributed by atoms with Crippen LogP contribution in [-0.2, 0) is 19.1 Å². The lowest BCUT2D eigenvalue weighted by Gasteiger charge is -2.10. The molecule has 0 aliphatic carbocycles. The highest BCUT2D eigenvalue weighted by atomic mass is 19.4. The zero-order valence-corrected chi connectivity index (χ0v) is 15.9. The van der Waals surface area contributed by atoms with Crippen molar-refractivity contribution >= 4 is 5.91 Å². The molecule has 8 heteroatoms. The second-order valence-electron chi connectivity index (χ2n) is 6.61. The number of carbonyl (C=O) groups excluding carboxylic acids is 1. The number of nitrogens with one attached hydrogen (secondary N) is 1. The lowest BCUT2D eigenvalue weighted by molar-refractivity contribution is -0.137. The van der Waals surface area contributed by atoms with Gasteiger partial charge in [0.05, 0.1) is 11.8 Å². The van der Waals surface area contributed by atoms with E-state index in [1.807, 2.05) is 12.1 Å². The molecule has 30 heavy (non-hydrogen) atoms. The Hall–Kier alpha value is -3.39. The van der Waals surface area contributed by atoms with Gasteiger partial charge in [-0.05, 0) is 54.4 Å². The van der Waals surface area contributed by atoms with Crippen LogP contribution in [0.3, 0.4) is 0 Å². The van der Waals surface area contributed by atoms with Crippen molar-refractivity contribution < 1.29 is 22.7 Å². The number of pyridine rings is 1. The third kappa shape index (κ3) is 6.05. The maximum atomic E-state index is 12.7. The van der Waals surface area contributed by atoms with Gasteiger partial charge >= 0.3 is 6.18 Å². The molecular formula is C22H20F3N3O2. The smallest absolute Gasteiger partial charge is 0.416 e. The molecule has 0 bridgehead atoms. The summed E-state index contributed by atoms with van der Waals surface area (Å²) < 4.78 is 43.9. The highest BCUT2D eigenvalue weighted by Crippen LogP contribution is 2.29. The van der Waals surface area contributed by atoms with E-state index in [9.17, 15) is 18.0 Å². The third-order valence-corrected chi connectivity index (χ3v) is 4.32. The lowest BCUT2D eigenvalue weighted by atomic mass is 10.1. The molecule has 1 heterocycles. The average molecular weight is 415 g/mol. The number of carbonyl (C=O) groups is 1. The summed E-state index contributed by atoms with van der Waals surface area (Å²) in [4.78, 5) is 14.9. The van der Waals surface area contributed by atoms with Crippen molar-refractivity contribution in [1.29, 1.82) is 0 Å². The summed E-state index contributed by atoms with van der Waals surface area (Å²) in [6, 6.07) is 15.8. The highest BCUT2D eigenvalue weighted by Gasteiger charge is 2.30. The van der Waals surface area contributed by atoms with Crippen molar-refractivity contribution in [2.45, 2.75) is 19.1 Å². The van der Waals surface area contributed by atoms with Crippen LogP contribution in [0.15, 0.2) is 66.9 Å². The van der Waals surface area contributed by atoms with Gasteiger partial charge in [0.2, 0.25) is 0 Å². The van der Waals surface area contributed by atoms with Gasteiger partial charge in [-0.1, -0.05) is 30.3 Å². The molecule has 0 saturated carbocycles. The molecule has 1 aromatic heterocycles. The Balaban J connectivity index is 1.46. The Kier molecular flexibility index (Phi) is 6.68. The van der Waals surface area contributed by atoms with Crippen LogP contribution in [0.25, 0.3) is 0 Å². The van der Waals surface area contributed by atoms with Crippen LogP contribution in [0.5, 0.6) is 11.5 Å². The Morgan fingerprint density at radius 2 is 1.73 bits per heavy atom. The molecule has 3 aromatic rings. The molecule has 0 atom stereocenters. The second kappa shape index (κ2) is 9.41. The molecule has 156 valence electrons. The molecule has 5 nitrogen and oxygen atoms in total. The lowest BCUT2D eigenvalue weighted by Crippen LogP contribution is -2.17. The maximum absolute atomic E-state index is 12.7. The molecule has 0 fully saturated rings. The quantitative estimate of drug-likeness (QED) is 0.537. The molecule has 0 saturated heterocycles. The van der Waals surface area contributed by atoms with Crippen LogP contribution in [-0.4, -0.2) is 17.4 Å². The van der Waals surface area contributed by atoms with Crippen molar-refractivity contribution in [2.24, 2.45) is 5.73 Å². The number of hydrogen-bond donors (Lipinski definition) is 2. The molecule has 0 unspecified atom stereocenters. The number of aromatic nitrogens is 1. The van der Waals surface area contributed by atoms with Crippen molar-refractivity contribution in [3.8, 4) is 11.5 Å². The topological polar surface area (TPSA) is 77.2 Å². The minimum absolute atomic E-state index is 0.161. The van der Waals surface area contributed by atoms with E-state index in [0.29, 0.717) is 36.6 Å². The monoisotopic (exact) mass is 415 g/mol. The molecule has 3 rings (SSSR count). The second-order valence-corrected chi connectivity index (χ2v) is 6.61. The summed E-state index contributed by atoms with van der Waals surface area (Å²) >= 11 is 0. The van der Waals surface area contributed by atoms with Gasteiger partial charge in [0.1, 0.15) is 17.2 Å². The fraction of sp³-hybridized carbons (Fsp3) is 0.182. The largest absolute Gasteiger partial charge is 0.456 e. The molecule has 0 aliphatic rings. The zero-order valence-electron chi connectivity index (χ0n) is 15.9. The minimum Gasteiger partial charge on any atom is -0.456 e. The van der Waals surface area contributed by atoms with E-state index in [1.54, 1.807) is 24.3 Å². The zero-order chi connectivity index (χ0) is 21.6. The summed E-state index contributed by atoms with van der Waals surface area (Å²) in [5, 5.41) is 3.22. The Labute approximate surface area is 171 Å². The number of amides is 1. The third-order valence-electron chi connectivity index (χ3n) is 4.32. The van der Waals surface area contributed by atoms with Crippen molar-refractivity contribution in [1.82, 2.24) is 10.3 Å². The molecule has 0 radical (unpaired) electrons. The van der Waals surface area contributed by atoms with Crippen LogP contribution in [0, 0.1) is 0 Å². The number of nitrogens with zero attached hydrogens (tertiary/aromatic N) is 1. The predicted molar refractivity (Wildman–Crippen MR) is 106 cm³/mol. The summed E-state index contributed by atoms with van der Waals surface area (Å²) in [7, 11) is 0. The number of alkyl halides is 3. The molecular weight excluding hydrogens is 395 g/mol. The van der Waals surface area contributed by atoms with Crippen LogP contribution in [0.2, 0.25) is 0 Å². The van der Waals surface area contributed by atoms with Gasteiger partial charge in [-0.3, -0.25) is 4.79 Å². The van der Waals surface area contributed by atoms with Gasteiger partial charge < -0.3 is 15.8 Å². The standard InChI is InChI=1S/C22H20F3N3O2/c23-22(24,25)17-3-1-2-15(12-17)10-11-27-13-16-4-6-18(7-5-16)30-19-8-9-20(21(26)29)28-14-19/h1-9,12,14,27H,10-11,13H2,(H2,26,29). The van der Waals surface area contributed by atoms with E-state index in [1.165, 1.54) is 24.4 Å². The molecule has 0 aliphatic heterocycles. The first-order valence-electron chi connectivity index (χ1n) is 9.21. The van der Waals surface area contributed by atoms with E-state index in [4.69, 9.17) is 10.5 Å². The Bertz CT molecular complexity index is 988. The van der Waals surface area contributed by atoms with Gasteiger partial charge in [-0.2, -0.15) is 13.2 Å². The Morgan fingerprint density at radius 1 is 1.00 bits per heavy atom. The van der Waals surface area contributed by atoms with Gasteiger partial charge in [0.15, 0.2) is 0 Å². The van der Waals surface area contributed by atoms with Crippen molar-refractivity contribution in [3.63, 3.8) is 0 Å². The SMILES string of the molecule is NC(=O)c1ccc(Oc2ccc(CNCCc3cccc(C(F)(F)F)c3)cc2)cn1. The maximum Gasteiger partial charge on any atom is 0.416 e. The average Bonchev–Trinajstić information content (AvgIpc) is 2.72. The summed E-state index contributed by atoms with van der Waals surface area (Å²) in [6.45, 7) is 1.13. The number of nitrogens with two attached hydrogens (primary N) is 1. The number of ether oxygens (including phenoxy) is 1. The number of rotatable bonds is 8. The van der Waals surface area contributed by atoms with E-state index in [0.717, 1.165) is 11.6 Å². The summed E-state index contributed by atoms with van der Waals surface area (Å²) in [5.41, 5.74) is 6.32. The fourth-order valence-electron chi connectivity index (χ4n) is 2.77. The van der Waals surface area contributed by atoms with Crippen LogP contribution >= 0.6 is 0 Å². The molecule has 1 amide bonds. The van der Waals surface area contributed by atoms with E-state index >= 15 is 0 Å². The minimum atomic E-state index is -4.33. The van der Waals surface area contributed by atoms with Crippen molar-refractivity contribution in [3.05, 3.63) is 89.2 Å². The molecule has 2 aromatic carbocycles. The van der Waals surface area contributed by atoms with E-state index in [-0.39, 0.29) is 5.69 Å².